The highest BCUT2D eigenvalue weighted by atomic mass is 35.5. The molecule has 96 valence electrons. The average molecular weight is 299 g/mol. The normalized spacial score (nSPS) is 12.7. The highest BCUT2D eigenvalue weighted by molar-refractivity contribution is 7.98. The fourth-order valence-corrected chi connectivity index (χ4v) is 3.90. The minimum absolute atomic E-state index is 0.0570. The van der Waals surface area contributed by atoms with Gasteiger partial charge in [0.15, 0.2) is 0 Å². The molecule has 1 aromatic carbocycles. The van der Waals surface area contributed by atoms with E-state index in [4.69, 9.17) is 17.3 Å². The molecule has 0 spiro atoms. The van der Waals surface area contributed by atoms with E-state index in [1.54, 1.807) is 23.1 Å². The number of halogens is 1. The van der Waals surface area contributed by atoms with Crippen molar-refractivity contribution in [1.29, 1.82) is 0 Å². The van der Waals surface area contributed by atoms with Crippen LogP contribution < -0.4 is 5.73 Å². The van der Waals surface area contributed by atoms with Gasteiger partial charge in [-0.3, -0.25) is 0 Å². The van der Waals surface area contributed by atoms with E-state index in [2.05, 4.69) is 4.98 Å². The third-order valence-electron chi connectivity index (χ3n) is 2.48. The number of hydrogen-bond donors (Lipinski definition) is 1. The molecule has 1 aromatic heterocycles. The summed E-state index contributed by atoms with van der Waals surface area (Å²) in [6.45, 7) is 4.00. The molecule has 0 amide bonds. The minimum Gasteiger partial charge on any atom is -0.323 e. The van der Waals surface area contributed by atoms with Crippen molar-refractivity contribution in [3.63, 3.8) is 0 Å². The van der Waals surface area contributed by atoms with E-state index in [0.29, 0.717) is 0 Å². The maximum absolute atomic E-state index is 6.12. The Hall–Kier alpha value is -0.550. The second-order valence-electron chi connectivity index (χ2n) is 4.07. The Labute approximate surface area is 121 Å². The van der Waals surface area contributed by atoms with E-state index in [9.17, 15) is 0 Å². The number of aryl methyl sites for hydroxylation is 1. The summed E-state index contributed by atoms with van der Waals surface area (Å²) >= 11 is 9.52. The van der Waals surface area contributed by atoms with Crippen LogP contribution in [0.3, 0.4) is 0 Å². The van der Waals surface area contributed by atoms with Crippen molar-refractivity contribution in [2.45, 2.75) is 30.5 Å². The molecular formula is C13H15ClN2S2. The predicted octanol–water partition coefficient (Wildman–Crippen LogP) is 4.42. The Kier molecular flexibility index (Phi) is 4.67. The van der Waals surface area contributed by atoms with E-state index in [-0.39, 0.29) is 6.04 Å². The first-order chi connectivity index (χ1) is 8.58. The molecular weight excluding hydrogens is 284 g/mol. The van der Waals surface area contributed by atoms with Gasteiger partial charge >= 0.3 is 0 Å². The summed E-state index contributed by atoms with van der Waals surface area (Å²) in [6.07, 6.45) is 0. The summed E-state index contributed by atoms with van der Waals surface area (Å²) < 4.78 is 0. The zero-order valence-electron chi connectivity index (χ0n) is 10.3. The molecule has 1 atom stereocenters. The lowest BCUT2D eigenvalue weighted by atomic mass is 10.2. The first kappa shape index (κ1) is 13.9. The van der Waals surface area contributed by atoms with Gasteiger partial charge in [-0.15, -0.1) is 23.1 Å². The van der Waals surface area contributed by atoms with Crippen molar-refractivity contribution in [2.24, 2.45) is 5.73 Å². The van der Waals surface area contributed by atoms with Gasteiger partial charge < -0.3 is 5.73 Å². The van der Waals surface area contributed by atoms with Crippen LogP contribution in [0.1, 0.15) is 28.5 Å². The molecule has 0 saturated carbocycles. The van der Waals surface area contributed by atoms with E-state index < -0.39 is 0 Å². The molecule has 0 fully saturated rings. The molecule has 0 saturated heterocycles. The summed E-state index contributed by atoms with van der Waals surface area (Å²) in [4.78, 5) is 6.81. The topological polar surface area (TPSA) is 38.9 Å². The molecule has 18 heavy (non-hydrogen) atoms. The number of nitrogens with two attached hydrogens (primary N) is 1. The van der Waals surface area contributed by atoms with E-state index in [0.717, 1.165) is 26.4 Å². The number of benzene rings is 1. The number of aromatic nitrogens is 1. The van der Waals surface area contributed by atoms with Crippen LogP contribution in [0.15, 0.2) is 29.2 Å². The molecule has 2 nitrogen and oxygen atoms in total. The van der Waals surface area contributed by atoms with Crippen LogP contribution in [0.2, 0.25) is 5.02 Å². The van der Waals surface area contributed by atoms with Crippen LogP contribution in [0.5, 0.6) is 0 Å². The third kappa shape index (κ3) is 3.26. The number of thioether (sulfide) groups is 1. The largest absolute Gasteiger partial charge is 0.323 e. The number of hydrogen-bond acceptors (Lipinski definition) is 4. The second-order valence-corrected chi connectivity index (χ2v) is 6.60. The van der Waals surface area contributed by atoms with Crippen molar-refractivity contribution >= 4 is 34.7 Å². The van der Waals surface area contributed by atoms with Crippen LogP contribution in [-0.2, 0) is 5.75 Å². The summed E-state index contributed by atoms with van der Waals surface area (Å²) in [5.41, 5.74) is 6.95. The van der Waals surface area contributed by atoms with Gasteiger partial charge in [-0.1, -0.05) is 23.7 Å². The van der Waals surface area contributed by atoms with Crippen LogP contribution in [0, 0.1) is 6.92 Å². The van der Waals surface area contributed by atoms with Crippen molar-refractivity contribution < 1.29 is 0 Å². The van der Waals surface area contributed by atoms with Gasteiger partial charge in [0, 0.05) is 15.8 Å². The zero-order chi connectivity index (χ0) is 13.1. The maximum Gasteiger partial charge on any atom is 0.103 e. The Morgan fingerprint density at radius 3 is 2.78 bits per heavy atom. The highest BCUT2D eigenvalue weighted by Crippen LogP contribution is 2.32. The maximum atomic E-state index is 6.12. The Morgan fingerprint density at radius 1 is 1.44 bits per heavy atom. The summed E-state index contributed by atoms with van der Waals surface area (Å²) in [5, 5.41) is 1.90. The van der Waals surface area contributed by atoms with Crippen LogP contribution in [0.25, 0.3) is 0 Å². The van der Waals surface area contributed by atoms with Gasteiger partial charge in [-0.05, 0) is 26.0 Å². The second kappa shape index (κ2) is 6.06. The van der Waals surface area contributed by atoms with Gasteiger partial charge in [0.2, 0.25) is 0 Å². The van der Waals surface area contributed by atoms with Crippen LogP contribution >= 0.6 is 34.7 Å². The number of thiazole rings is 1. The number of nitrogens with zero attached hydrogens (tertiary/aromatic N) is 1. The lowest BCUT2D eigenvalue weighted by molar-refractivity contribution is 0.825. The molecule has 2 N–H and O–H groups in total. The van der Waals surface area contributed by atoms with Gasteiger partial charge in [-0.25, -0.2) is 4.98 Å². The smallest absolute Gasteiger partial charge is 0.103 e. The third-order valence-corrected chi connectivity index (χ3v) is 5.55. The van der Waals surface area contributed by atoms with Crippen molar-refractivity contribution in [3.8, 4) is 0 Å². The fraction of sp³-hybridized carbons (Fsp3) is 0.308. The van der Waals surface area contributed by atoms with Crippen LogP contribution in [0.4, 0.5) is 0 Å². The molecule has 0 radical (unpaired) electrons. The summed E-state index contributed by atoms with van der Waals surface area (Å²) in [5.74, 6) is 0.835. The Balaban J connectivity index is 2.07. The predicted molar refractivity (Wildman–Crippen MR) is 80.5 cm³/mol. The number of rotatable bonds is 4. The molecule has 5 heteroatoms. The van der Waals surface area contributed by atoms with Crippen LogP contribution in [-0.4, -0.2) is 4.98 Å². The quantitative estimate of drug-likeness (QED) is 0.849. The SMILES string of the molecule is Cc1nc(CSc2ccccc2Cl)sc1C(C)N. The van der Waals surface area contributed by atoms with Crippen molar-refractivity contribution in [2.75, 3.05) is 0 Å². The fourth-order valence-electron chi connectivity index (χ4n) is 1.65. The Morgan fingerprint density at radius 2 is 2.17 bits per heavy atom. The molecule has 1 unspecified atom stereocenters. The minimum atomic E-state index is 0.0570. The average Bonchev–Trinajstić information content (AvgIpc) is 2.70. The summed E-state index contributed by atoms with van der Waals surface area (Å²) in [7, 11) is 0. The molecule has 2 aromatic rings. The lowest BCUT2D eigenvalue weighted by Crippen LogP contribution is -2.03. The Bertz CT molecular complexity index is 538. The molecule has 0 bridgehead atoms. The van der Waals surface area contributed by atoms with E-state index in [1.807, 2.05) is 38.1 Å². The zero-order valence-corrected chi connectivity index (χ0v) is 12.7. The molecule has 2 rings (SSSR count). The van der Waals surface area contributed by atoms with Crippen molar-refractivity contribution in [3.05, 3.63) is 44.9 Å². The first-order valence-electron chi connectivity index (χ1n) is 5.67. The van der Waals surface area contributed by atoms with E-state index in [1.165, 1.54) is 4.88 Å². The molecule has 0 aliphatic carbocycles. The van der Waals surface area contributed by atoms with Gasteiger partial charge in [0.1, 0.15) is 5.01 Å². The summed E-state index contributed by atoms with van der Waals surface area (Å²) in [6, 6.07) is 7.93. The standard InChI is InChI=1S/C13H15ClN2S2/c1-8(15)13-9(2)16-12(18-13)7-17-11-6-4-3-5-10(11)14/h3-6,8H,7,15H2,1-2H3. The van der Waals surface area contributed by atoms with Crippen molar-refractivity contribution in [1.82, 2.24) is 4.98 Å². The van der Waals surface area contributed by atoms with Gasteiger partial charge in [-0.2, -0.15) is 0 Å². The molecule has 0 aliphatic rings. The monoisotopic (exact) mass is 298 g/mol. The van der Waals surface area contributed by atoms with Gasteiger partial charge in [0.05, 0.1) is 16.5 Å². The molecule has 1 heterocycles. The van der Waals surface area contributed by atoms with Gasteiger partial charge in [0.25, 0.3) is 0 Å². The lowest BCUT2D eigenvalue weighted by Gasteiger charge is -2.01. The van der Waals surface area contributed by atoms with E-state index >= 15 is 0 Å². The first-order valence-corrected chi connectivity index (χ1v) is 7.85. The highest BCUT2D eigenvalue weighted by Gasteiger charge is 2.11. The molecule has 0 aliphatic heterocycles.